The molecule has 1 aliphatic rings. The van der Waals surface area contributed by atoms with Gasteiger partial charge in [-0.2, -0.15) is 0 Å². The zero-order chi connectivity index (χ0) is 30.1. The molecule has 5 rings (SSSR count). The number of rotatable bonds is 7. The number of nitrogens with zero attached hydrogens (tertiary/aromatic N) is 3. The number of nitrogens with one attached hydrogen (secondary N) is 2. The molecule has 2 aromatic carbocycles. The molecule has 3 heterocycles. The number of aromatic nitrogens is 2. The molecular formula is C33H35N5O3S. The van der Waals surface area contributed by atoms with Gasteiger partial charge >= 0.3 is 5.97 Å². The van der Waals surface area contributed by atoms with Crippen molar-refractivity contribution < 1.29 is 14.3 Å². The summed E-state index contributed by atoms with van der Waals surface area (Å²) in [5.41, 5.74) is 7.98. The lowest BCUT2D eigenvalue weighted by Gasteiger charge is -2.29. The summed E-state index contributed by atoms with van der Waals surface area (Å²) in [6.07, 6.45) is 1.79. The number of benzene rings is 2. The van der Waals surface area contributed by atoms with Crippen LogP contribution in [0.3, 0.4) is 0 Å². The minimum Gasteiger partial charge on any atom is -0.465 e. The standard InChI is InChI=1S/C33H35N5O3S/c1-19(2)31(39)35-27-14-13-25(16-20(27)3)38-30(29(36-33(38)42)28-12-7-8-15-34-28)26-17-21(4)37(22(26)5)24-11-9-10-23(18-24)32(40)41-6/h7-19,29-30H,1-6H3,(H,35,39)(H,36,42)/t29-,30-/m1/s1. The highest BCUT2D eigenvalue weighted by molar-refractivity contribution is 7.80. The maximum atomic E-state index is 12.4. The maximum Gasteiger partial charge on any atom is 0.337 e. The number of esters is 1. The normalized spacial score (nSPS) is 16.5. The largest absolute Gasteiger partial charge is 0.465 e. The number of anilines is 2. The minimum absolute atomic E-state index is 0.0268. The van der Waals surface area contributed by atoms with Gasteiger partial charge in [0.05, 0.1) is 30.5 Å². The van der Waals surface area contributed by atoms with E-state index in [0.717, 1.165) is 45.3 Å². The number of hydrogen-bond acceptors (Lipinski definition) is 5. The molecule has 2 aromatic heterocycles. The number of carbonyl (C=O) groups is 2. The molecule has 4 aromatic rings. The predicted octanol–water partition coefficient (Wildman–Crippen LogP) is 6.36. The van der Waals surface area contributed by atoms with Crippen LogP contribution in [-0.2, 0) is 9.53 Å². The first-order valence-corrected chi connectivity index (χ1v) is 14.3. The number of thiocarbonyl (C=S) groups is 1. The van der Waals surface area contributed by atoms with E-state index in [1.807, 2.05) is 69.3 Å². The van der Waals surface area contributed by atoms with Gasteiger partial charge in [0.1, 0.15) is 0 Å². The van der Waals surface area contributed by atoms with Crippen LogP contribution in [-0.4, -0.2) is 33.6 Å². The van der Waals surface area contributed by atoms with Crippen molar-refractivity contribution in [2.75, 3.05) is 17.3 Å². The second kappa shape index (κ2) is 11.8. The van der Waals surface area contributed by atoms with Gasteiger partial charge in [-0.1, -0.05) is 26.0 Å². The summed E-state index contributed by atoms with van der Waals surface area (Å²) < 4.78 is 7.10. The van der Waals surface area contributed by atoms with Crippen LogP contribution in [0.5, 0.6) is 0 Å². The first-order chi connectivity index (χ1) is 20.1. The zero-order valence-electron chi connectivity index (χ0n) is 24.6. The lowest BCUT2D eigenvalue weighted by atomic mass is 9.96. The number of carbonyl (C=O) groups excluding carboxylic acids is 2. The van der Waals surface area contributed by atoms with Crippen LogP contribution in [0.15, 0.2) is 72.9 Å². The Hall–Kier alpha value is -4.50. The Morgan fingerprint density at radius 1 is 1.00 bits per heavy atom. The van der Waals surface area contributed by atoms with Crippen LogP contribution in [0.25, 0.3) is 5.69 Å². The third-order valence-electron chi connectivity index (χ3n) is 7.68. The fraction of sp³-hybridized carbons (Fsp3) is 0.273. The molecule has 0 aliphatic carbocycles. The Morgan fingerprint density at radius 3 is 2.45 bits per heavy atom. The fourth-order valence-electron chi connectivity index (χ4n) is 5.54. The third-order valence-corrected chi connectivity index (χ3v) is 8.00. The number of amides is 1. The maximum absolute atomic E-state index is 12.4. The molecule has 1 saturated heterocycles. The van der Waals surface area contributed by atoms with Gasteiger partial charge in [0.2, 0.25) is 5.91 Å². The van der Waals surface area contributed by atoms with E-state index in [9.17, 15) is 9.59 Å². The molecule has 2 atom stereocenters. The molecule has 2 N–H and O–H groups in total. The Labute approximate surface area is 251 Å². The number of aryl methyl sites for hydroxylation is 2. The second-order valence-electron chi connectivity index (χ2n) is 10.8. The van der Waals surface area contributed by atoms with Crippen molar-refractivity contribution in [3.63, 3.8) is 0 Å². The average Bonchev–Trinajstić information content (AvgIpc) is 3.48. The van der Waals surface area contributed by atoms with Crippen molar-refractivity contribution in [2.45, 2.75) is 46.7 Å². The van der Waals surface area contributed by atoms with Crippen molar-refractivity contribution in [3.05, 3.63) is 107 Å². The summed E-state index contributed by atoms with van der Waals surface area (Å²) in [6, 6.07) is 21.0. The molecular weight excluding hydrogens is 546 g/mol. The Balaban J connectivity index is 1.62. The van der Waals surface area contributed by atoms with E-state index in [2.05, 4.69) is 51.1 Å². The quantitative estimate of drug-likeness (QED) is 0.194. The lowest BCUT2D eigenvalue weighted by molar-refractivity contribution is -0.118. The van der Waals surface area contributed by atoms with Crippen molar-refractivity contribution in [2.24, 2.45) is 5.92 Å². The summed E-state index contributed by atoms with van der Waals surface area (Å²) in [4.78, 5) is 31.5. The fourth-order valence-corrected chi connectivity index (χ4v) is 5.88. The van der Waals surface area contributed by atoms with Crippen LogP contribution in [0.1, 0.15) is 64.5 Å². The first kappa shape index (κ1) is 29.0. The van der Waals surface area contributed by atoms with Gasteiger partial charge in [-0.15, -0.1) is 0 Å². The summed E-state index contributed by atoms with van der Waals surface area (Å²) in [7, 11) is 1.38. The van der Waals surface area contributed by atoms with E-state index in [-0.39, 0.29) is 29.9 Å². The topological polar surface area (TPSA) is 88.5 Å². The number of ether oxygens (including phenoxy) is 1. The van der Waals surface area contributed by atoms with E-state index in [4.69, 9.17) is 17.0 Å². The first-order valence-electron chi connectivity index (χ1n) is 13.9. The van der Waals surface area contributed by atoms with E-state index in [0.29, 0.717) is 10.7 Å². The third kappa shape index (κ3) is 5.39. The van der Waals surface area contributed by atoms with Gasteiger partial charge in [0.25, 0.3) is 0 Å². The molecule has 8 nitrogen and oxygen atoms in total. The predicted molar refractivity (Wildman–Crippen MR) is 169 cm³/mol. The van der Waals surface area contributed by atoms with Crippen LogP contribution < -0.4 is 15.5 Å². The van der Waals surface area contributed by atoms with Crippen molar-refractivity contribution in [1.29, 1.82) is 0 Å². The number of methoxy groups -OCH3 is 1. The molecule has 1 fully saturated rings. The lowest BCUT2D eigenvalue weighted by Crippen LogP contribution is -2.29. The van der Waals surface area contributed by atoms with Crippen molar-refractivity contribution in [3.8, 4) is 5.69 Å². The molecule has 1 aliphatic heterocycles. The Morgan fingerprint density at radius 2 is 1.79 bits per heavy atom. The highest BCUT2D eigenvalue weighted by Crippen LogP contribution is 2.44. The summed E-state index contributed by atoms with van der Waals surface area (Å²) in [5.74, 6) is -0.526. The average molecular weight is 582 g/mol. The molecule has 216 valence electrons. The SMILES string of the molecule is COC(=O)c1cccc(-n2c(C)cc([C@@H]3[C@@H](c4ccccn4)NC(=S)N3c3ccc(NC(=O)C(C)C)c(C)c3)c2C)c1. The van der Waals surface area contributed by atoms with Crippen molar-refractivity contribution in [1.82, 2.24) is 14.9 Å². The molecule has 0 bridgehead atoms. The van der Waals surface area contributed by atoms with Crippen LogP contribution in [0, 0.1) is 26.7 Å². The molecule has 42 heavy (non-hydrogen) atoms. The molecule has 0 unspecified atom stereocenters. The Bertz CT molecular complexity index is 1660. The summed E-state index contributed by atoms with van der Waals surface area (Å²) in [6.45, 7) is 9.86. The highest BCUT2D eigenvalue weighted by Gasteiger charge is 2.42. The van der Waals surface area contributed by atoms with Gasteiger partial charge < -0.3 is 24.8 Å². The second-order valence-corrected chi connectivity index (χ2v) is 11.2. The number of hydrogen-bond donors (Lipinski definition) is 2. The number of pyridine rings is 1. The molecule has 0 saturated carbocycles. The van der Waals surface area contributed by atoms with Crippen LogP contribution >= 0.6 is 12.2 Å². The molecule has 0 spiro atoms. The zero-order valence-corrected chi connectivity index (χ0v) is 25.5. The minimum atomic E-state index is -0.380. The van der Waals surface area contributed by atoms with E-state index < -0.39 is 0 Å². The van der Waals surface area contributed by atoms with E-state index in [1.165, 1.54) is 7.11 Å². The molecule has 0 radical (unpaired) electrons. The smallest absolute Gasteiger partial charge is 0.337 e. The molecule has 9 heteroatoms. The molecule has 1 amide bonds. The van der Waals surface area contributed by atoms with Crippen LogP contribution in [0.2, 0.25) is 0 Å². The monoisotopic (exact) mass is 581 g/mol. The van der Waals surface area contributed by atoms with E-state index in [1.54, 1.807) is 12.3 Å². The van der Waals surface area contributed by atoms with E-state index >= 15 is 0 Å². The van der Waals surface area contributed by atoms with Gasteiger partial charge in [0.15, 0.2) is 5.11 Å². The van der Waals surface area contributed by atoms with Crippen molar-refractivity contribution >= 4 is 40.6 Å². The van der Waals surface area contributed by atoms with Gasteiger partial charge in [-0.25, -0.2) is 4.79 Å². The van der Waals surface area contributed by atoms with Gasteiger partial charge in [-0.3, -0.25) is 9.78 Å². The van der Waals surface area contributed by atoms with Gasteiger partial charge in [0, 0.05) is 40.6 Å². The summed E-state index contributed by atoms with van der Waals surface area (Å²) in [5, 5.41) is 7.14. The van der Waals surface area contributed by atoms with Crippen LogP contribution in [0.4, 0.5) is 11.4 Å². The summed E-state index contributed by atoms with van der Waals surface area (Å²) >= 11 is 5.95. The van der Waals surface area contributed by atoms with Gasteiger partial charge in [-0.05, 0) is 98.7 Å². The Kier molecular flexibility index (Phi) is 8.13. The highest BCUT2D eigenvalue weighted by atomic mass is 32.1.